The molecule has 0 unspecified atom stereocenters. The van der Waals surface area contributed by atoms with Crippen LogP contribution in [0.1, 0.15) is 25.0 Å². The largest absolute Gasteiger partial charge is 0.449 e. The summed E-state index contributed by atoms with van der Waals surface area (Å²) in [6, 6.07) is 9.22. The van der Waals surface area contributed by atoms with E-state index < -0.39 is 0 Å². The van der Waals surface area contributed by atoms with E-state index in [4.69, 9.17) is 4.42 Å². The number of amides is 2. The number of hydrogen-bond acceptors (Lipinski definition) is 2. The van der Waals surface area contributed by atoms with Crippen molar-refractivity contribution in [2.24, 2.45) is 0 Å². The van der Waals surface area contributed by atoms with Crippen LogP contribution in [0.4, 0.5) is 16.4 Å². The summed E-state index contributed by atoms with van der Waals surface area (Å²) >= 11 is 0. The molecule has 1 aromatic heterocycles. The summed E-state index contributed by atoms with van der Waals surface area (Å²) in [6.07, 6.45) is 3.28. The molecule has 0 aliphatic rings. The summed E-state index contributed by atoms with van der Waals surface area (Å²) in [6.45, 7) is 4.15. The van der Waals surface area contributed by atoms with Crippen LogP contribution >= 0.6 is 0 Å². The zero-order valence-corrected chi connectivity index (χ0v) is 11.2. The molecule has 0 radical (unpaired) electrons. The Bertz CT molecular complexity index is 525. The molecule has 0 atom stereocenters. The minimum Gasteiger partial charge on any atom is -0.449 e. The summed E-state index contributed by atoms with van der Waals surface area (Å²) in [5.74, 6) is 0.435. The first kappa shape index (κ1) is 13.2. The maximum Gasteiger partial charge on any atom is 0.326 e. The maximum absolute atomic E-state index is 11.9. The third kappa shape index (κ3) is 3.16. The molecular formula is C15H18N2O2. The van der Waals surface area contributed by atoms with Gasteiger partial charge in [-0.05, 0) is 30.0 Å². The van der Waals surface area contributed by atoms with E-state index in [1.165, 1.54) is 6.26 Å². The zero-order valence-electron chi connectivity index (χ0n) is 11.2. The summed E-state index contributed by atoms with van der Waals surface area (Å²) in [7, 11) is 0. The van der Waals surface area contributed by atoms with Gasteiger partial charge in [0.1, 0.15) is 0 Å². The molecule has 100 valence electrons. The van der Waals surface area contributed by atoms with Crippen LogP contribution < -0.4 is 10.6 Å². The third-order valence-electron chi connectivity index (χ3n) is 3.00. The average molecular weight is 258 g/mol. The van der Waals surface area contributed by atoms with Gasteiger partial charge in [-0.25, -0.2) is 4.79 Å². The van der Waals surface area contributed by atoms with Crippen molar-refractivity contribution in [2.45, 2.75) is 26.7 Å². The van der Waals surface area contributed by atoms with Crippen molar-refractivity contribution in [1.82, 2.24) is 0 Å². The first-order valence-corrected chi connectivity index (χ1v) is 6.46. The smallest absolute Gasteiger partial charge is 0.326 e. The van der Waals surface area contributed by atoms with Crippen molar-refractivity contribution in [3.05, 3.63) is 47.7 Å². The molecule has 2 amide bonds. The molecule has 0 bridgehead atoms. The fourth-order valence-electron chi connectivity index (χ4n) is 2.01. The summed E-state index contributed by atoms with van der Waals surface area (Å²) in [5.41, 5.74) is 3.17. The predicted molar refractivity (Wildman–Crippen MR) is 76.5 cm³/mol. The number of furan rings is 1. The van der Waals surface area contributed by atoms with Gasteiger partial charge in [0, 0.05) is 11.8 Å². The van der Waals surface area contributed by atoms with Gasteiger partial charge in [-0.1, -0.05) is 32.0 Å². The lowest BCUT2D eigenvalue weighted by Crippen LogP contribution is -2.20. The van der Waals surface area contributed by atoms with Gasteiger partial charge in [0.25, 0.3) is 0 Å². The van der Waals surface area contributed by atoms with E-state index in [0.29, 0.717) is 5.88 Å². The molecule has 2 rings (SSSR count). The topological polar surface area (TPSA) is 54.3 Å². The standard InChI is InChI=1S/C15H18N2O2/c1-3-11-7-5-8-12(4-2)14(11)17-15(18)16-13-9-6-10-19-13/h5-10H,3-4H2,1-2H3,(H2,16,17,18). The fourth-order valence-corrected chi connectivity index (χ4v) is 2.01. The number of benzene rings is 1. The van der Waals surface area contributed by atoms with Crippen LogP contribution in [0.3, 0.4) is 0 Å². The highest BCUT2D eigenvalue weighted by Gasteiger charge is 2.10. The lowest BCUT2D eigenvalue weighted by molar-refractivity contribution is 0.261. The highest BCUT2D eigenvalue weighted by Crippen LogP contribution is 2.22. The van der Waals surface area contributed by atoms with Crippen LogP contribution in [0.5, 0.6) is 0 Å². The van der Waals surface area contributed by atoms with Gasteiger partial charge in [-0.2, -0.15) is 0 Å². The highest BCUT2D eigenvalue weighted by molar-refractivity contribution is 6.00. The number of anilines is 2. The number of aryl methyl sites for hydroxylation is 2. The van der Waals surface area contributed by atoms with Crippen molar-refractivity contribution >= 4 is 17.6 Å². The molecule has 0 aliphatic carbocycles. The van der Waals surface area contributed by atoms with Crippen LogP contribution in [-0.2, 0) is 12.8 Å². The minimum absolute atomic E-state index is 0.287. The Morgan fingerprint density at radius 3 is 2.26 bits per heavy atom. The Kier molecular flexibility index (Phi) is 4.23. The van der Waals surface area contributed by atoms with E-state index >= 15 is 0 Å². The van der Waals surface area contributed by atoms with Crippen molar-refractivity contribution < 1.29 is 9.21 Å². The van der Waals surface area contributed by atoms with Gasteiger partial charge in [0.15, 0.2) is 0 Å². The molecule has 0 saturated carbocycles. The molecule has 0 saturated heterocycles. The molecule has 2 aromatic rings. The van der Waals surface area contributed by atoms with Gasteiger partial charge in [0.05, 0.1) is 6.26 Å². The van der Waals surface area contributed by atoms with E-state index in [1.807, 2.05) is 18.2 Å². The molecule has 4 heteroatoms. The number of nitrogens with one attached hydrogen (secondary N) is 2. The fraction of sp³-hybridized carbons (Fsp3) is 0.267. The second kappa shape index (κ2) is 6.09. The quantitative estimate of drug-likeness (QED) is 0.869. The average Bonchev–Trinajstić information content (AvgIpc) is 2.91. The minimum atomic E-state index is -0.287. The van der Waals surface area contributed by atoms with Crippen molar-refractivity contribution in [2.75, 3.05) is 10.6 Å². The molecule has 2 N–H and O–H groups in total. The van der Waals surface area contributed by atoms with Crippen LogP contribution in [-0.4, -0.2) is 6.03 Å². The molecule has 19 heavy (non-hydrogen) atoms. The summed E-state index contributed by atoms with van der Waals surface area (Å²) in [5, 5.41) is 5.57. The molecule has 4 nitrogen and oxygen atoms in total. The summed E-state index contributed by atoms with van der Waals surface area (Å²) in [4.78, 5) is 11.9. The van der Waals surface area contributed by atoms with E-state index in [0.717, 1.165) is 29.7 Å². The van der Waals surface area contributed by atoms with Gasteiger partial charge in [-0.15, -0.1) is 0 Å². The maximum atomic E-state index is 11.9. The number of para-hydroxylation sites is 1. The Morgan fingerprint density at radius 2 is 1.74 bits per heavy atom. The van der Waals surface area contributed by atoms with E-state index in [1.54, 1.807) is 12.1 Å². The number of rotatable bonds is 4. The Balaban J connectivity index is 2.15. The molecule has 0 spiro atoms. The van der Waals surface area contributed by atoms with Crippen LogP contribution in [0.25, 0.3) is 0 Å². The van der Waals surface area contributed by atoms with Gasteiger partial charge >= 0.3 is 6.03 Å². The molecule has 1 aromatic carbocycles. The Labute approximate surface area is 112 Å². The van der Waals surface area contributed by atoms with Crippen LogP contribution in [0, 0.1) is 0 Å². The van der Waals surface area contributed by atoms with E-state index in [9.17, 15) is 4.79 Å². The number of hydrogen-bond donors (Lipinski definition) is 2. The highest BCUT2D eigenvalue weighted by atomic mass is 16.3. The molecule has 1 heterocycles. The first-order chi connectivity index (χ1) is 9.24. The normalized spacial score (nSPS) is 10.2. The molecule has 0 fully saturated rings. The Morgan fingerprint density at radius 1 is 1.05 bits per heavy atom. The second-order valence-electron chi connectivity index (χ2n) is 4.21. The van der Waals surface area contributed by atoms with Crippen molar-refractivity contribution in [1.29, 1.82) is 0 Å². The Hall–Kier alpha value is -2.23. The van der Waals surface area contributed by atoms with Crippen LogP contribution in [0.2, 0.25) is 0 Å². The van der Waals surface area contributed by atoms with Crippen molar-refractivity contribution in [3.8, 4) is 0 Å². The second-order valence-corrected chi connectivity index (χ2v) is 4.21. The summed E-state index contributed by atoms with van der Waals surface area (Å²) < 4.78 is 5.08. The SMILES string of the molecule is CCc1cccc(CC)c1NC(=O)Nc1ccco1. The van der Waals surface area contributed by atoms with Gasteiger partial charge < -0.3 is 9.73 Å². The predicted octanol–water partition coefficient (Wildman–Crippen LogP) is 4.05. The van der Waals surface area contributed by atoms with E-state index in [-0.39, 0.29) is 6.03 Å². The monoisotopic (exact) mass is 258 g/mol. The zero-order chi connectivity index (χ0) is 13.7. The van der Waals surface area contributed by atoms with Gasteiger partial charge in [-0.3, -0.25) is 5.32 Å². The van der Waals surface area contributed by atoms with Gasteiger partial charge in [0.2, 0.25) is 5.88 Å². The lowest BCUT2D eigenvalue weighted by atomic mass is 10.0. The first-order valence-electron chi connectivity index (χ1n) is 6.46. The third-order valence-corrected chi connectivity index (χ3v) is 3.00. The number of carbonyl (C=O) groups excluding carboxylic acids is 1. The lowest BCUT2D eigenvalue weighted by Gasteiger charge is -2.14. The van der Waals surface area contributed by atoms with Crippen molar-refractivity contribution in [3.63, 3.8) is 0 Å². The molecule has 0 aliphatic heterocycles. The number of urea groups is 1. The number of carbonyl (C=O) groups is 1. The van der Waals surface area contributed by atoms with E-state index in [2.05, 4.69) is 24.5 Å². The van der Waals surface area contributed by atoms with Crippen LogP contribution in [0.15, 0.2) is 41.0 Å². The molecular weight excluding hydrogens is 240 g/mol.